The lowest BCUT2D eigenvalue weighted by molar-refractivity contribution is -0.115. The number of carbonyl (C=O) groups is 1. The molecule has 1 heterocycles. The summed E-state index contributed by atoms with van der Waals surface area (Å²) in [5.74, 6) is 0.759. The second-order valence-corrected chi connectivity index (χ2v) is 5.71. The number of rotatable bonds is 5. The van der Waals surface area contributed by atoms with Crippen molar-refractivity contribution < 1.29 is 9.53 Å². The van der Waals surface area contributed by atoms with Crippen LogP contribution < -0.4 is 10.1 Å². The van der Waals surface area contributed by atoms with Gasteiger partial charge >= 0.3 is 0 Å². The highest BCUT2D eigenvalue weighted by Gasteiger charge is 2.06. The average Bonchev–Trinajstić information content (AvgIpc) is 2.96. The first-order chi connectivity index (χ1) is 11.1. The zero-order chi connectivity index (χ0) is 16.2. The summed E-state index contributed by atoms with van der Waals surface area (Å²) in [6, 6.07) is 13.3. The van der Waals surface area contributed by atoms with Crippen LogP contribution in [0.3, 0.4) is 0 Å². The largest absolute Gasteiger partial charge is 0.491 e. The van der Waals surface area contributed by atoms with Gasteiger partial charge in [0.15, 0.2) is 0 Å². The minimum atomic E-state index is -0.0543. The summed E-state index contributed by atoms with van der Waals surface area (Å²) in [7, 11) is 0. The molecule has 3 aromatic rings. The van der Waals surface area contributed by atoms with Gasteiger partial charge in [-0.25, -0.2) is 0 Å². The number of aromatic amines is 1. The fourth-order valence-corrected chi connectivity index (χ4v) is 2.36. The number of nitrogens with zero attached hydrogens (tertiary/aromatic N) is 1. The molecule has 0 saturated carbocycles. The van der Waals surface area contributed by atoms with Crippen molar-refractivity contribution in [2.24, 2.45) is 0 Å². The first-order valence-corrected chi connectivity index (χ1v) is 7.59. The van der Waals surface area contributed by atoms with Gasteiger partial charge in [-0.2, -0.15) is 5.10 Å². The number of hydrogen-bond donors (Lipinski definition) is 2. The molecule has 3 rings (SSSR count). The van der Waals surface area contributed by atoms with Crippen LogP contribution in [0.2, 0.25) is 0 Å². The molecule has 2 aromatic carbocycles. The Morgan fingerprint density at radius 1 is 1.22 bits per heavy atom. The van der Waals surface area contributed by atoms with Crippen LogP contribution in [0.25, 0.3) is 10.9 Å². The van der Waals surface area contributed by atoms with E-state index in [0.717, 1.165) is 27.9 Å². The number of ether oxygens (including phenoxy) is 1. The van der Waals surface area contributed by atoms with E-state index in [4.69, 9.17) is 4.74 Å². The second kappa shape index (κ2) is 6.52. The van der Waals surface area contributed by atoms with Crippen LogP contribution in [-0.2, 0) is 11.2 Å². The van der Waals surface area contributed by atoms with Gasteiger partial charge in [-0.15, -0.1) is 0 Å². The molecule has 0 unspecified atom stereocenters. The third kappa shape index (κ3) is 3.88. The zero-order valence-electron chi connectivity index (χ0n) is 13.2. The van der Waals surface area contributed by atoms with Crippen LogP contribution >= 0.6 is 0 Å². The monoisotopic (exact) mass is 309 g/mol. The lowest BCUT2D eigenvalue weighted by Crippen LogP contribution is -2.14. The Morgan fingerprint density at radius 3 is 2.74 bits per heavy atom. The molecule has 1 aromatic heterocycles. The number of anilines is 1. The fourth-order valence-electron chi connectivity index (χ4n) is 2.36. The molecular weight excluding hydrogens is 290 g/mol. The number of amides is 1. The predicted molar refractivity (Wildman–Crippen MR) is 90.6 cm³/mol. The van der Waals surface area contributed by atoms with Crippen LogP contribution in [0.1, 0.15) is 19.4 Å². The van der Waals surface area contributed by atoms with Gasteiger partial charge in [-0.05, 0) is 49.7 Å². The van der Waals surface area contributed by atoms with E-state index < -0.39 is 0 Å². The Balaban J connectivity index is 1.62. The van der Waals surface area contributed by atoms with Crippen molar-refractivity contribution in [1.29, 1.82) is 0 Å². The minimum absolute atomic E-state index is 0.0543. The highest BCUT2D eigenvalue weighted by atomic mass is 16.5. The Labute approximate surface area is 134 Å². The van der Waals surface area contributed by atoms with E-state index in [1.165, 1.54) is 0 Å². The van der Waals surface area contributed by atoms with Gasteiger partial charge in [-0.3, -0.25) is 9.89 Å². The van der Waals surface area contributed by atoms with Crippen molar-refractivity contribution in [3.8, 4) is 5.75 Å². The number of aromatic nitrogens is 2. The predicted octanol–water partition coefficient (Wildman–Crippen LogP) is 3.53. The van der Waals surface area contributed by atoms with Gasteiger partial charge in [0.1, 0.15) is 5.75 Å². The highest BCUT2D eigenvalue weighted by molar-refractivity contribution is 5.94. The van der Waals surface area contributed by atoms with Gasteiger partial charge in [0, 0.05) is 11.1 Å². The van der Waals surface area contributed by atoms with E-state index >= 15 is 0 Å². The Kier molecular flexibility index (Phi) is 4.28. The van der Waals surface area contributed by atoms with E-state index in [9.17, 15) is 4.79 Å². The summed E-state index contributed by atoms with van der Waals surface area (Å²) in [6.07, 6.45) is 2.21. The summed E-state index contributed by atoms with van der Waals surface area (Å²) in [5.41, 5.74) is 2.60. The standard InChI is InChI=1S/C18H19N3O2/c1-12(2)23-16-7-3-13(4-8-16)9-18(22)20-15-6-5-14-11-19-21-17(14)10-15/h3-8,10-12H,9H2,1-2H3,(H,19,21)(H,20,22). The highest BCUT2D eigenvalue weighted by Crippen LogP contribution is 2.18. The molecule has 118 valence electrons. The third-order valence-corrected chi connectivity index (χ3v) is 3.39. The topological polar surface area (TPSA) is 67.0 Å². The molecule has 0 aliphatic rings. The smallest absolute Gasteiger partial charge is 0.228 e. The summed E-state index contributed by atoms with van der Waals surface area (Å²) in [6.45, 7) is 3.97. The molecule has 23 heavy (non-hydrogen) atoms. The molecule has 1 amide bonds. The number of H-pyrrole nitrogens is 1. The fraction of sp³-hybridized carbons (Fsp3) is 0.222. The maximum Gasteiger partial charge on any atom is 0.228 e. The normalized spacial score (nSPS) is 10.9. The van der Waals surface area contributed by atoms with E-state index in [1.54, 1.807) is 6.20 Å². The third-order valence-electron chi connectivity index (χ3n) is 3.39. The van der Waals surface area contributed by atoms with Crippen LogP contribution in [0, 0.1) is 0 Å². The van der Waals surface area contributed by atoms with E-state index in [2.05, 4.69) is 15.5 Å². The van der Waals surface area contributed by atoms with Crippen molar-refractivity contribution >= 4 is 22.5 Å². The molecule has 0 radical (unpaired) electrons. The summed E-state index contributed by atoms with van der Waals surface area (Å²) in [4.78, 5) is 12.2. The number of benzene rings is 2. The maximum atomic E-state index is 12.2. The summed E-state index contributed by atoms with van der Waals surface area (Å²) in [5, 5.41) is 10.8. The van der Waals surface area contributed by atoms with Crippen molar-refractivity contribution in [3.05, 3.63) is 54.2 Å². The second-order valence-electron chi connectivity index (χ2n) is 5.71. The molecule has 0 fully saturated rings. The van der Waals surface area contributed by atoms with Crippen molar-refractivity contribution in [2.75, 3.05) is 5.32 Å². The first-order valence-electron chi connectivity index (χ1n) is 7.59. The molecule has 2 N–H and O–H groups in total. The SMILES string of the molecule is CC(C)Oc1ccc(CC(=O)Nc2ccc3cn[nH]c3c2)cc1. The van der Waals surface area contributed by atoms with Crippen molar-refractivity contribution in [3.63, 3.8) is 0 Å². The maximum absolute atomic E-state index is 12.2. The average molecular weight is 309 g/mol. The molecule has 0 bridgehead atoms. The Bertz CT molecular complexity index is 807. The quantitative estimate of drug-likeness (QED) is 0.757. The lowest BCUT2D eigenvalue weighted by atomic mass is 10.1. The summed E-state index contributed by atoms with van der Waals surface area (Å²) < 4.78 is 5.59. The Morgan fingerprint density at radius 2 is 2.00 bits per heavy atom. The lowest BCUT2D eigenvalue weighted by Gasteiger charge is -2.10. The van der Waals surface area contributed by atoms with E-state index in [-0.39, 0.29) is 12.0 Å². The first kappa shape index (κ1) is 15.1. The van der Waals surface area contributed by atoms with Gasteiger partial charge in [0.2, 0.25) is 5.91 Å². The number of nitrogens with one attached hydrogen (secondary N) is 2. The van der Waals surface area contributed by atoms with Crippen LogP contribution in [0.5, 0.6) is 5.75 Å². The van der Waals surface area contributed by atoms with Gasteiger partial charge < -0.3 is 10.1 Å². The van der Waals surface area contributed by atoms with Crippen LogP contribution in [0.15, 0.2) is 48.7 Å². The molecule has 5 nitrogen and oxygen atoms in total. The molecule has 0 spiro atoms. The molecule has 0 aliphatic carbocycles. The van der Waals surface area contributed by atoms with Gasteiger partial charge in [0.05, 0.1) is 24.2 Å². The number of carbonyl (C=O) groups excluding carboxylic acids is 1. The van der Waals surface area contributed by atoms with E-state index in [1.807, 2.05) is 56.3 Å². The van der Waals surface area contributed by atoms with Crippen molar-refractivity contribution in [2.45, 2.75) is 26.4 Å². The number of fused-ring (bicyclic) bond motifs is 1. The van der Waals surface area contributed by atoms with Crippen LogP contribution in [-0.4, -0.2) is 22.2 Å². The molecular formula is C18H19N3O2. The number of hydrogen-bond acceptors (Lipinski definition) is 3. The van der Waals surface area contributed by atoms with E-state index in [0.29, 0.717) is 6.42 Å². The minimum Gasteiger partial charge on any atom is -0.491 e. The van der Waals surface area contributed by atoms with Crippen molar-refractivity contribution in [1.82, 2.24) is 10.2 Å². The molecule has 0 atom stereocenters. The Hall–Kier alpha value is -2.82. The summed E-state index contributed by atoms with van der Waals surface area (Å²) >= 11 is 0. The molecule has 0 aliphatic heterocycles. The molecule has 5 heteroatoms. The van der Waals surface area contributed by atoms with Gasteiger partial charge in [0.25, 0.3) is 0 Å². The van der Waals surface area contributed by atoms with Gasteiger partial charge in [-0.1, -0.05) is 12.1 Å². The van der Waals surface area contributed by atoms with Crippen LogP contribution in [0.4, 0.5) is 5.69 Å². The zero-order valence-corrected chi connectivity index (χ0v) is 13.2. The molecule has 0 saturated heterocycles.